The molecule has 6 heteroatoms. The Morgan fingerprint density at radius 3 is 2.71 bits per heavy atom. The Morgan fingerprint density at radius 1 is 1.38 bits per heavy atom. The van der Waals surface area contributed by atoms with Crippen molar-refractivity contribution in [3.05, 3.63) is 34.5 Å². The SMILES string of the molecule is Cc1c(C(=O)OCC(=O)NC(C)C)sc2cccc(F)c12. The highest BCUT2D eigenvalue weighted by atomic mass is 32.1. The minimum atomic E-state index is -0.605. The Labute approximate surface area is 125 Å². The van der Waals surface area contributed by atoms with Gasteiger partial charge in [-0.3, -0.25) is 4.79 Å². The third-order valence-corrected chi connectivity index (χ3v) is 4.11. The monoisotopic (exact) mass is 309 g/mol. The van der Waals surface area contributed by atoms with Gasteiger partial charge in [0.2, 0.25) is 0 Å². The van der Waals surface area contributed by atoms with Crippen molar-refractivity contribution >= 4 is 33.3 Å². The van der Waals surface area contributed by atoms with Crippen LogP contribution < -0.4 is 5.32 Å². The van der Waals surface area contributed by atoms with Crippen LogP contribution in [0.5, 0.6) is 0 Å². The van der Waals surface area contributed by atoms with Gasteiger partial charge in [-0.1, -0.05) is 6.07 Å². The molecule has 21 heavy (non-hydrogen) atoms. The lowest BCUT2D eigenvalue weighted by molar-refractivity contribution is -0.124. The van der Waals surface area contributed by atoms with Gasteiger partial charge in [0, 0.05) is 16.1 Å². The largest absolute Gasteiger partial charge is 0.451 e. The number of esters is 1. The molecule has 0 aliphatic heterocycles. The van der Waals surface area contributed by atoms with Crippen molar-refractivity contribution < 1.29 is 18.7 Å². The predicted octanol–water partition coefficient (Wildman–Crippen LogP) is 3.03. The molecular weight excluding hydrogens is 293 g/mol. The van der Waals surface area contributed by atoms with Gasteiger partial charge in [-0.25, -0.2) is 9.18 Å². The first-order valence-corrected chi connectivity index (χ1v) is 7.36. The Kier molecular flexibility index (Phi) is 4.57. The Balaban J connectivity index is 2.15. The topological polar surface area (TPSA) is 55.4 Å². The van der Waals surface area contributed by atoms with Crippen LogP contribution >= 0.6 is 11.3 Å². The highest BCUT2D eigenvalue weighted by Crippen LogP contribution is 2.32. The second-order valence-electron chi connectivity index (χ2n) is 4.97. The molecule has 1 aromatic carbocycles. The molecular formula is C15H16FNO3S. The summed E-state index contributed by atoms with van der Waals surface area (Å²) >= 11 is 1.17. The lowest BCUT2D eigenvalue weighted by Gasteiger charge is -2.08. The lowest BCUT2D eigenvalue weighted by Crippen LogP contribution is -2.33. The fourth-order valence-corrected chi connectivity index (χ4v) is 3.12. The van der Waals surface area contributed by atoms with Gasteiger partial charge in [-0.2, -0.15) is 0 Å². The van der Waals surface area contributed by atoms with Crippen molar-refractivity contribution in [1.29, 1.82) is 0 Å². The van der Waals surface area contributed by atoms with E-state index in [-0.39, 0.29) is 24.4 Å². The molecule has 2 rings (SSSR count). The summed E-state index contributed by atoms with van der Waals surface area (Å²) in [7, 11) is 0. The maximum Gasteiger partial charge on any atom is 0.349 e. The molecule has 4 nitrogen and oxygen atoms in total. The molecule has 1 heterocycles. The number of hydrogen-bond donors (Lipinski definition) is 1. The van der Waals surface area contributed by atoms with Crippen LogP contribution in [-0.2, 0) is 9.53 Å². The maximum atomic E-state index is 13.8. The number of thiophene rings is 1. The maximum absolute atomic E-state index is 13.8. The summed E-state index contributed by atoms with van der Waals surface area (Å²) in [6.07, 6.45) is 0. The van der Waals surface area contributed by atoms with Crippen LogP contribution in [0, 0.1) is 12.7 Å². The Morgan fingerprint density at radius 2 is 2.10 bits per heavy atom. The van der Waals surface area contributed by atoms with E-state index in [9.17, 15) is 14.0 Å². The van der Waals surface area contributed by atoms with Gasteiger partial charge in [0.05, 0.1) is 0 Å². The minimum absolute atomic E-state index is 0.0173. The number of ether oxygens (including phenoxy) is 1. The number of carbonyl (C=O) groups excluding carboxylic acids is 2. The average molecular weight is 309 g/mol. The van der Waals surface area contributed by atoms with E-state index in [1.54, 1.807) is 19.1 Å². The number of aryl methyl sites for hydroxylation is 1. The summed E-state index contributed by atoms with van der Waals surface area (Å²) in [6.45, 7) is 4.97. The van der Waals surface area contributed by atoms with Crippen LogP contribution in [0.2, 0.25) is 0 Å². The predicted molar refractivity (Wildman–Crippen MR) is 80.1 cm³/mol. The third-order valence-electron chi connectivity index (χ3n) is 2.87. The third kappa shape index (κ3) is 3.39. The zero-order valence-corrected chi connectivity index (χ0v) is 12.8. The van der Waals surface area contributed by atoms with Gasteiger partial charge in [-0.05, 0) is 38.5 Å². The zero-order chi connectivity index (χ0) is 15.6. The van der Waals surface area contributed by atoms with Gasteiger partial charge >= 0.3 is 5.97 Å². The summed E-state index contributed by atoms with van der Waals surface area (Å²) in [6, 6.07) is 4.68. The smallest absolute Gasteiger partial charge is 0.349 e. The number of carbonyl (C=O) groups is 2. The summed E-state index contributed by atoms with van der Waals surface area (Å²) in [4.78, 5) is 23.8. The molecule has 0 saturated carbocycles. The van der Waals surface area contributed by atoms with Crippen LogP contribution in [0.25, 0.3) is 10.1 Å². The fraction of sp³-hybridized carbons (Fsp3) is 0.333. The molecule has 0 spiro atoms. The molecule has 0 unspecified atom stereocenters. The highest BCUT2D eigenvalue weighted by molar-refractivity contribution is 7.21. The van der Waals surface area contributed by atoms with Crippen molar-refractivity contribution in [3.63, 3.8) is 0 Å². The van der Waals surface area contributed by atoms with Crippen molar-refractivity contribution in [3.8, 4) is 0 Å². The number of fused-ring (bicyclic) bond motifs is 1. The molecule has 2 aromatic rings. The minimum Gasteiger partial charge on any atom is -0.451 e. The molecule has 1 amide bonds. The molecule has 0 aliphatic rings. The number of benzene rings is 1. The van der Waals surface area contributed by atoms with E-state index in [1.165, 1.54) is 17.4 Å². The molecule has 1 N–H and O–H groups in total. The van der Waals surface area contributed by atoms with Crippen LogP contribution in [0.1, 0.15) is 29.1 Å². The van der Waals surface area contributed by atoms with Crippen molar-refractivity contribution in [1.82, 2.24) is 5.32 Å². The highest BCUT2D eigenvalue weighted by Gasteiger charge is 2.19. The standard InChI is InChI=1S/C15H16FNO3S/c1-8(2)17-12(18)7-20-15(19)14-9(3)13-10(16)5-4-6-11(13)21-14/h4-6,8H,7H2,1-3H3,(H,17,18). The molecule has 0 bridgehead atoms. The Hall–Kier alpha value is -1.95. The van der Waals surface area contributed by atoms with Crippen molar-refractivity contribution in [2.75, 3.05) is 6.61 Å². The van der Waals surface area contributed by atoms with Crippen molar-refractivity contribution in [2.45, 2.75) is 26.8 Å². The first-order chi connectivity index (χ1) is 9.90. The van der Waals surface area contributed by atoms with E-state index >= 15 is 0 Å². The molecule has 0 radical (unpaired) electrons. The van der Waals surface area contributed by atoms with Crippen molar-refractivity contribution in [2.24, 2.45) is 0 Å². The zero-order valence-electron chi connectivity index (χ0n) is 12.0. The number of halogens is 1. The molecule has 1 aromatic heterocycles. The average Bonchev–Trinajstić information content (AvgIpc) is 2.74. The van der Waals surface area contributed by atoms with Crippen LogP contribution in [0.3, 0.4) is 0 Å². The molecule has 0 saturated heterocycles. The first kappa shape index (κ1) is 15.4. The summed E-state index contributed by atoms with van der Waals surface area (Å²) < 4.78 is 19.4. The number of nitrogens with one attached hydrogen (secondary N) is 1. The fourth-order valence-electron chi connectivity index (χ4n) is 2.01. The molecule has 112 valence electrons. The Bertz CT molecular complexity index is 694. The second kappa shape index (κ2) is 6.22. The van der Waals surface area contributed by atoms with E-state index in [2.05, 4.69) is 5.32 Å². The van der Waals surface area contributed by atoms with Gasteiger partial charge in [0.1, 0.15) is 10.7 Å². The summed E-state index contributed by atoms with van der Waals surface area (Å²) in [5.74, 6) is -1.33. The van der Waals surface area contributed by atoms with Gasteiger partial charge in [0.25, 0.3) is 5.91 Å². The van der Waals surface area contributed by atoms with E-state index in [0.29, 0.717) is 20.5 Å². The van der Waals surface area contributed by atoms with Crippen LogP contribution in [-0.4, -0.2) is 24.5 Å². The van der Waals surface area contributed by atoms with Gasteiger partial charge in [0.15, 0.2) is 6.61 Å². The van der Waals surface area contributed by atoms with Gasteiger partial charge < -0.3 is 10.1 Å². The summed E-state index contributed by atoms with van der Waals surface area (Å²) in [5, 5.41) is 3.06. The summed E-state index contributed by atoms with van der Waals surface area (Å²) in [5.41, 5.74) is 0.544. The molecule has 0 atom stereocenters. The molecule has 0 aliphatic carbocycles. The number of rotatable bonds is 4. The first-order valence-electron chi connectivity index (χ1n) is 6.54. The van der Waals surface area contributed by atoms with Crippen LogP contribution in [0.15, 0.2) is 18.2 Å². The van der Waals surface area contributed by atoms with E-state index in [1.807, 2.05) is 13.8 Å². The number of hydrogen-bond acceptors (Lipinski definition) is 4. The van der Waals surface area contributed by atoms with Gasteiger partial charge in [-0.15, -0.1) is 11.3 Å². The quantitative estimate of drug-likeness (QED) is 0.883. The number of amides is 1. The van der Waals surface area contributed by atoms with E-state index in [0.717, 1.165) is 0 Å². The molecule has 0 fully saturated rings. The second-order valence-corrected chi connectivity index (χ2v) is 6.02. The van der Waals surface area contributed by atoms with Crippen LogP contribution in [0.4, 0.5) is 4.39 Å². The lowest BCUT2D eigenvalue weighted by atomic mass is 10.1. The van der Waals surface area contributed by atoms with E-state index in [4.69, 9.17) is 4.74 Å². The van der Waals surface area contributed by atoms with E-state index < -0.39 is 5.97 Å². The normalized spacial score (nSPS) is 10.9.